The van der Waals surface area contributed by atoms with Crippen molar-refractivity contribution in [3.8, 4) is 0 Å². The molecule has 0 spiro atoms. The summed E-state index contributed by atoms with van der Waals surface area (Å²) in [7, 11) is 1.28. The molecule has 0 bridgehead atoms. The summed E-state index contributed by atoms with van der Waals surface area (Å²) in [6.07, 6.45) is -2.28. The van der Waals surface area contributed by atoms with Crippen LogP contribution in [0.5, 0.6) is 0 Å². The smallest absolute Gasteiger partial charge is 0.291 e. The van der Waals surface area contributed by atoms with E-state index in [1.54, 1.807) is 0 Å². The first-order chi connectivity index (χ1) is 13.6. The number of amides is 1. The Morgan fingerprint density at radius 2 is 1.97 bits per heavy atom. The minimum absolute atomic E-state index is 0.0749. The standard InChI is InChI=1S/C18H18BrF3N4O3/c1-8(2)23-18-24-13-7-25(14(22)6-10(13)17(28)26(18)29-3)16(27)9-4-11(20)15(19)12(21)5-9/h4-5,8,14H,6-7H2,1-3H3,(H,23,24)/t14-/m0/s1. The number of nitrogens with one attached hydrogen (secondary N) is 1. The number of carbonyl (C=O) groups is 1. The first-order valence-corrected chi connectivity index (χ1v) is 9.48. The van der Waals surface area contributed by atoms with E-state index in [0.29, 0.717) is 0 Å². The van der Waals surface area contributed by atoms with Gasteiger partial charge in [0, 0.05) is 23.6 Å². The third-order valence-electron chi connectivity index (χ3n) is 4.35. The third-order valence-corrected chi connectivity index (χ3v) is 5.10. The second kappa shape index (κ2) is 8.05. The highest BCUT2D eigenvalue weighted by atomic mass is 79.9. The van der Waals surface area contributed by atoms with Crippen LogP contribution in [-0.2, 0) is 13.0 Å². The van der Waals surface area contributed by atoms with Crippen molar-refractivity contribution in [2.24, 2.45) is 0 Å². The molecule has 2 heterocycles. The Hall–Kier alpha value is -2.56. The molecule has 0 saturated carbocycles. The van der Waals surface area contributed by atoms with Gasteiger partial charge in [-0.1, -0.05) is 0 Å². The highest BCUT2D eigenvalue weighted by Gasteiger charge is 2.34. The zero-order valence-corrected chi connectivity index (χ0v) is 17.4. The summed E-state index contributed by atoms with van der Waals surface area (Å²) in [4.78, 5) is 35.5. The number of aromatic nitrogens is 2. The van der Waals surface area contributed by atoms with Crippen LogP contribution in [0.25, 0.3) is 0 Å². The van der Waals surface area contributed by atoms with Gasteiger partial charge in [-0.25, -0.2) is 18.2 Å². The van der Waals surface area contributed by atoms with Crippen molar-refractivity contribution >= 4 is 27.8 Å². The molecule has 1 N–H and O–H groups in total. The minimum Gasteiger partial charge on any atom is -0.411 e. The summed E-state index contributed by atoms with van der Waals surface area (Å²) >= 11 is 2.73. The Morgan fingerprint density at radius 3 is 2.52 bits per heavy atom. The normalized spacial score (nSPS) is 16.0. The number of halogens is 4. The summed E-state index contributed by atoms with van der Waals surface area (Å²) in [5, 5.41) is 2.95. The van der Waals surface area contributed by atoms with Crippen molar-refractivity contribution in [1.82, 2.24) is 14.6 Å². The fourth-order valence-corrected chi connectivity index (χ4v) is 3.25. The fraction of sp³-hybridized carbons (Fsp3) is 0.389. The third kappa shape index (κ3) is 3.96. The van der Waals surface area contributed by atoms with Crippen LogP contribution >= 0.6 is 15.9 Å². The summed E-state index contributed by atoms with van der Waals surface area (Å²) in [5.74, 6) is -2.77. The van der Waals surface area contributed by atoms with Gasteiger partial charge in [0.25, 0.3) is 11.5 Å². The van der Waals surface area contributed by atoms with Crippen LogP contribution in [0.15, 0.2) is 21.4 Å². The number of anilines is 1. The molecule has 1 aromatic heterocycles. The van der Waals surface area contributed by atoms with E-state index in [1.165, 1.54) is 7.11 Å². The lowest BCUT2D eigenvalue weighted by Crippen LogP contribution is -2.46. The number of fused-ring (bicyclic) bond motifs is 1. The van der Waals surface area contributed by atoms with Gasteiger partial charge in [-0.3, -0.25) is 9.59 Å². The van der Waals surface area contributed by atoms with Crippen LogP contribution in [0.1, 0.15) is 35.5 Å². The average Bonchev–Trinajstić information content (AvgIpc) is 2.65. The van der Waals surface area contributed by atoms with Gasteiger partial charge in [-0.15, -0.1) is 4.73 Å². The molecule has 0 aliphatic carbocycles. The Morgan fingerprint density at radius 1 is 1.34 bits per heavy atom. The van der Waals surface area contributed by atoms with Crippen LogP contribution in [0.2, 0.25) is 0 Å². The predicted molar refractivity (Wildman–Crippen MR) is 102 cm³/mol. The highest BCUT2D eigenvalue weighted by Crippen LogP contribution is 2.26. The summed E-state index contributed by atoms with van der Waals surface area (Å²) in [6, 6.07) is 1.56. The van der Waals surface area contributed by atoms with Crippen LogP contribution < -0.4 is 15.7 Å². The number of nitrogens with zero attached hydrogens (tertiary/aromatic N) is 3. The van der Waals surface area contributed by atoms with Gasteiger partial charge in [0.15, 0.2) is 6.30 Å². The topological polar surface area (TPSA) is 76.5 Å². The van der Waals surface area contributed by atoms with E-state index in [4.69, 9.17) is 4.84 Å². The van der Waals surface area contributed by atoms with Crippen molar-refractivity contribution in [1.29, 1.82) is 0 Å². The molecule has 0 saturated heterocycles. The SMILES string of the molecule is COn1c(NC(C)C)nc2c(c1=O)C[C@@H](F)N(C(=O)c1cc(F)c(Br)c(F)c1)C2. The molecular weight excluding hydrogens is 457 g/mol. The minimum atomic E-state index is -1.87. The molecule has 1 aliphatic rings. The van der Waals surface area contributed by atoms with E-state index in [1.807, 2.05) is 13.8 Å². The van der Waals surface area contributed by atoms with Crippen molar-refractivity contribution in [2.75, 3.05) is 12.4 Å². The summed E-state index contributed by atoms with van der Waals surface area (Å²) in [6.45, 7) is 3.33. The number of carbonyl (C=O) groups excluding carboxylic acids is 1. The Bertz CT molecular complexity index is 1010. The second-order valence-electron chi connectivity index (χ2n) is 6.77. The van der Waals surface area contributed by atoms with Gasteiger partial charge in [0.2, 0.25) is 5.95 Å². The molecule has 1 atom stereocenters. The van der Waals surface area contributed by atoms with Gasteiger partial charge in [0.05, 0.1) is 16.7 Å². The first kappa shape index (κ1) is 21.2. The van der Waals surface area contributed by atoms with E-state index in [9.17, 15) is 22.8 Å². The van der Waals surface area contributed by atoms with Crippen LogP contribution in [0.4, 0.5) is 19.1 Å². The maximum Gasteiger partial charge on any atom is 0.291 e. The van der Waals surface area contributed by atoms with Crippen molar-refractivity contribution in [3.05, 3.63) is 55.4 Å². The molecule has 7 nitrogen and oxygen atoms in total. The molecule has 0 radical (unpaired) electrons. The molecule has 0 fully saturated rings. The number of hydrogen-bond acceptors (Lipinski definition) is 5. The Kier molecular flexibility index (Phi) is 5.87. The lowest BCUT2D eigenvalue weighted by Gasteiger charge is -2.32. The van der Waals surface area contributed by atoms with Crippen LogP contribution in [0.3, 0.4) is 0 Å². The van der Waals surface area contributed by atoms with Gasteiger partial charge in [-0.2, -0.15) is 0 Å². The maximum absolute atomic E-state index is 14.7. The van der Waals surface area contributed by atoms with Gasteiger partial charge >= 0.3 is 0 Å². The largest absolute Gasteiger partial charge is 0.411 e. The molecule has 1 aromatic carbocycles. The lowest BCUT2D eigenvalue weighted by atomic mass is 10.0. The van der Waals surface area contributed by atoms with Crippen LogP contribution in [-0.4, -0.2) is 40.0 Å². The molecule has 0 unspecified atom stereocenters. The zero-order valence-electron chi connectivity index (χ0n) is 15.8. The average molecular weight is 475 g/mol. The lowest BCUT2D eigenvalue weighted by molar-refractivity contribution is 0.0373. The number of rotatable bonds is 4. The van der Waals surface area contributed by atoms with Crippen molar-refractivity contribution < 1.29 is 22.8 Å². The Labute approximate surface area is 172 Å². The molecule has 2 aromatic rings. The van der Waals surface area contributed by atoms with Gasteiger partial charge in [-0.05, 0) is 41.9 Å². The molecule has 29 heavy (non-hydrogen) atoms. The summed E-state index contributed by atoms with van der Waals surface area (Å²) < 4.78 is 42.8. The number of alkyl halides is 1. The quantitative estimate of drug-likeness (QED) is 0.544. The van der Waals surface area contributed by atoms with Crippen LogP contribution in [0, 0.1) is 11.6 Å². The van der Waals surface area contributed by atoms with Gasteiger partial charge in [0.1, 0.15) is 18.7 Å². The predicted octanol–water partition coefficient (Wildman–Crippen LogP) is 2.66. The van der Waals surface area contributed by atoms with Crippen molar-refractivity contribution in [2.45, 2.75) is 39.2 Å². The number of benzene rings is 1. The van der Waals surface area contributed by atoms with Crippen molar-refractivity contribution in [3.63, 3.8) is 0 Å². The molecular formula is C18H18BrF3N4O3. The first-order valence-electron chi connectivity index (χ1n) is 8.69. The van der Waals surface area contributed by atoms with E-state index >= 15 is 0 Å². The van der Waals surface area contributed by atoms with E-state index in [2.05, 4.69) is 26.2 Å². The zero-order chi connectivity index (χ0) is 21.5. The summed E-state index contributed by atoms with van der Waals surface area (Å²) in [5.41, 5.74) is -0.672. The molecule has 3 rings (SSSR count). The second-order valence-corrected chi connectivity index (χ2v) is 7.56. The van der Waals surface area contributed by atoms with E-state index in [-0.39, 0.29) is 35.4 Å². The van der Waals surface area contributed by atoms with Gasteiger partial charge < -0.3 is 15.1 Å². The maximum atomic E-state index is 14.7. The van der Waals surface area contributed by atoms with E-state index in [0.717, 1.165) is 21.8 Å². The molecule has 156 valence electrons. The highest BCUT2D eigenvalue weighted by molar-refractivity contribution is 9.10. The molecule has 1 amide bonds. The monoisotopic (exact) mass is 474 g/mol. The molecule has 1 aliphatic heterocycles. The fourth-order valence-electron chi connectivity index (χ4n) is 3.02. The van der Waals surface area contributed by atoms with E-state index < -0.39 is 40.3 Å². The Balaban J connectivity index is 2.01. The molecule has 11 heteroatoms. The number of hydrogen-bond donors (Lipinski definition) is 1.